The maximum absolute atomic E-state index is 14.9. The Labute approximate surface area is 198 Å². The van der Waals surface area contributed by atoms with Gasteiger partial charge in [-0.25, -0.2) is 13.2 Å². The molecular weight excluding hydrogens is 433 g/mol. The van der Waals surface area contributed by atoms with Crippen LogP contribution in [-0.4, -0.2) is 6.61 Å². The van der Waals surface area contributed by atoms with Gasteiger partial charge in [0.2, 0.25) is 0 Å². The van der Waals surface area contributed by atoms with E-state index in [1.165, 1.54) is 6.07 Å². The Morgan fingerprint density at radius 1 is 0.706 bits per heavy atom. The number of halogens is 3. The Kier molecular flexibility index (Phi) is 7.17. The Hall–Kier alpha value is -3.79. The molecule has 0 unspecified atom stereocenters. The lowest BCUT2D eigenvalue weighted by molar-refractivity contribution is 0.321. The van der Waals surface area contributed by atoms with E-state index in [0.29, 0.717) is 30.6 Å². The Morgan fingerprint density at radius 3 is 1.76 bits per heavy atom. The SMILES string of the molecule is C=Cc1ccc(-c2ccc(-c3ccc(CCc4ccc(OCC)c(F)c4)cc3)c(F)c2F)cc1. The van der Waals surface area contributed by atoms with Crippen molar-refractivity contribution >= 4 is 6.08 Å². The molecule has 0 bridgehead atoms. The number of rotatable bonds is 8. The van der Waals surface area contributed by atoms with Crippen LogP contribution in [0.4, 0.5) is 13.2 Å². The molecule has 0 fully saturated rings. The smallest absolute Gasteiger partial charge is 0.167 e. The van der Waals surface area contributed by atoms with Crippen molar-refractivity contribution < 1.29 is 17.9 Å². The molecule has 0 aromatic heterocycles. The van der Waals surface area contributed by atoms with Gasteiger partial charge in [-0.3, -0.25) is 0 Å². The quantitative estimate of drug-likeness (QED) is 0.258. The van der Waals surface area contributed by atoms with Gasteiger partial charge in [0.25, 0.3) is 0 Å². The average molecular weight is 459 g/mol. The van der Waals surface area contributed by atoms with Crippen LogP contribution in [-0.2, 0) is 12.8 Å². The molecule has 0 heterocycles. The van der Waals surface area contributed by atoms with E-state index in [1.807, 2.05) is 37.3 Å². The van der Waals surface area contributed by atoms with Crippen molar-refractivity contribution in [2.24, 2.45) is 0 Å². The monoisotopic (exact) mass is 458 g/mol. The first kappa shape index (κ1) is 23.4. The fraction of sp³-hybridized carbons (Fsp3) is 0.133. The minimum absolute atomic E-state index is 0.212. The first-order valence-corrected chi connectivity index (χ1v) is 11.2. The highest BCUT2D eigenvalue weighted by molar-refractivity contribution is 5.72. The second-order valence-corrected chi connectivity index (χ2v) is 8.01. The molecule has 4 heteroatoms. The van der Waals surface area contributed by atoms with Gasteiger partial charge in [0.15, 0.2) is 23.2 Å². The van der Waals surface area contributed by atoms with E-state index in [0.717, 1.165) is 16.7 Å². The van der Waals surface area contributed by atoms with E-state index >= 15 is 0 Å². The van der Waals surface area contributed by atoms with Crippen LogP contribution >= 0.6 is 0 Å². The summed E-state index contributed by atoms with van der Waals surface area (Å²) in [6.07, 6.45) is 3.05. The largest absolute Gasteiger partial charge is 0.491 e. The Morgan fingerprint density at radius 2 is 1.24 bits per heavy atom. The lowest BCUT2D eigenvalue weighted by atomic mass is 9.96. The maximum atomic E-state index is 14.9. The predicted molar refractivity (Wildman–Crippen MR) is 132 cm³/mol. The van der Waals surface area contributed by atoms with Crippen LogP contribution in [0, 0.1) is 17.5 Å². The van der Waals surface area contributed by atoms with Crippen molar-refractivity contribution in [3.05, 3.63) is 120 Å². The third-order valence-electron chi connectivity index (χ3n) is 5.80. The third-order valence-corrected chi connectivity index (χ3v) is 5.80. The van der Waals surface area contributed by atoms with E-state index < -0.39 is 11.6 Å². The van der Waals surface area contributed by atoms with E-state index in [4.69, 9.17) is 4.74 Å². The molecule has 0 N–H and O–H groups in total. The van der Waals surface area contributed by atoms with E-state index in [-0.39, 0.29) is 22.7 Å². The zero-order valence-electron chi connectivity index (χ0n) is 19.0. The lowest BCUT2D eigenvalue weighted by Crippen LogP contribution is -1.97. The second kappa shape index (κ2) is 10.4. The van der Waals surface area contributed by atoms with Gasteiger partial charge in [-0.05, 0) is 59.7 Å². The molecule has 4 rings (SSSR count). The van der Waals surface area contributed by atoms with Gasteiger partial charge >= 0.3 is 0 Å². The zero-order chi connectivity index (χ0) is 24.1. The van der Waals surface area contributed by atoms with Crippen LogP contribution in [0.3, 0.4) is 0 Å². The number of ether oxygens (including phenoxy) is 1. The molecule has 34 heavy (non-hydrogen) atoms. The molecule has 0 saturated carbocycles. The van der Waals surface area contributed by atoms with Crippen molar-refractivity contribution in [2.75, 3.05) is 6.61 Å². The molecule has 1 nitrogen and oxygen atoms in total. The van der Waals surface area contributed by atoms with Crippen LogP contribution in [0.2, 0.25) is 0 Å². The number of benzene rings is 4. The third kappa shape index (κ3) is 5.07. The molecular formula is C30H25F3O. The average Bonchev–Trinajstić information content (AvgIpc) is 2.86. The number of hydrogen-bond donors (Lipinski definition) is 0. The summed E-state index contributed by atoms with van der Waals surface area (Å²) in [5.41, 5.74) is 4.44. The molecule has 0 saturated heterocycles. The summed E-state index contributed by atoms with van der Waals surface area (Å²) in [4.78, 5) is 0. The summed E-state index contributed by atoms with van der Waals surface area (Å²) in [6, 6.07) is 22.7. The summed E-state index contributed by atoms with van der Waals surface area (Å²) in [5, 5.41) is 0. The standard InChI is InChI=1S/C30H25F3O/c1-3-20-7-12-23(13-8-20)25-16-17-26(30(33)29(25)32)24-14-9-21(10-15-24)5-6-22-11-18-28(34-4-2)27(31)19-22/h3,7-19H,1,4-6H2,2H3. The molecule has 4 aromatic rings. The van der Waals surface area contributed by atoms with Crippen molar-refractivity contribution in [3.63, 3.8) is 0 Å². The molecule has 0 aliphatic carbocycles. The highest BCUT2D eigenvalue weighted by atomic mass is 19.2. The van der Waals surface area contributed by atoms with Crippen LogP contribution in [0.15, 0.2) is 85.4 Å². The van der Waals surface area contributed by atoms with Gasteiger partial charge in [-0.1, -0.05) is 79.4 Å². The molecule has 0 amide bonds. The van der Waals surface area contributed by atoms with Crippen molar-refractivity contribution in [1.82, 2.24) is 0 Å². The number of aryl methyl sites for hydroxylation is 2. The summed E-state index contributed by atoms with van der Waals surface area (Å²) in [5.74, 6) is -1.86. The van der Waals surface area contributed by atoms with Gasteiger partial charge in [0, 0.05) is 11.1 Å². The summed E-state index contributed by atoms with van der Waals surface area (Å²) >= 11 is 0. The first-order valence-electron chi connectivity index (χ1n) is 11.2. The predicted octanol–water partition coefficient (Wildman–Crippen LogP) is 8.26. The summed E-state index contributed by atoms with van der Waals surface area (Å²) in [6.45, 7) is 5.93. The van der Waals surface area contributed by atoms with E-state index in [9.17, 15) is 13.2 Å². The van der Waals surface area contributed by atoms with Crippen molar-refractivity contribution in [1.29, 1.82) is 0 Å². The van der Waals surface area contributed by atoms with Gasteiger partial charge in [-0.15, -0.1) is 0 Å². The van der Waals surface area contributed by atoms with E-state index in [1.54, 1.807) is 48.5 Å². The molecule has 0 spiro atoms. The lowest BCUT2D eigenvalue weighted by Gasteiger charge is -2.10. The first-order chi connectivity index (χ1) is 16.5. The van der Waals surface area contributed by atoms with Crippen molar-refractivity contribution in [3.8, 4) is 28.0 Å². The fourth-order valence-corrected chi connectivity index (χ4v) is 3.91. The molecule has 0 radical (unpaired) electrons. The highest BCUT2D eigenvalue weighted by Gasteiger charge is 2.16. The Balaban J connectivity index is 1.48. The summed E-state index contributed by atoms with van der Waals surface area (Å²) in [7, 11) is 0. The van der Waals surface area contributed by atoms with Gasteiger partial charge in [0.05, 0.1) is 6.61 Å². The van der Waals surface area contributed by atoms with Crippen LogP contribution in [0.5, 0.6) is 5.75 Å². The minimum Gasteiger partial charge on any atom is -0.491 e. The topological polar surface area (TPSA) is 9.23 Å². The molecule has 4 aromatic carbocycles. The van der Waals surface area contributed by atoms with E-state index in [2.05, 4.69) is 6.58 Å². The minimum atomic E-state index is -0.872. The van der Waals surface area contributed by atoms with Gasteiger partial charge in [0.1, 0.15) is 0 Å². The van der Waals surface area contributed by atoms with Crippen LogP contribution < -0.4 is 4.74 Å². The van der Waals surface area contributed by atoms with Crippen LogP contribution in [0.25, 0.3) is 28.3 Å². The molecule has 172 valence electrons. The molecule has 0 aliphatic rings. The number of hydrogen-bond acceptors (Lipinski definition) is 1. The molecule has 0 atom stereocenters. The van der Waals surface area contributed by atoms with Gasteiger partial charge in [-0.2, -0.15) is 0 Å². The normalized spacial score (nSPS) is 10.8. The fourth-order valence-electron chi connectivity index (χ4n) is 3.91. The zero-order valence-corrected chi connectivity index (χ0v) is 19.0. The molecule has 0 aliphatic heterocycles. The maximum Gasteiger partial charge on any atom is 0.167 e. The van der Waals surface area contributed by atoms with Crippen molar-refractivity contribution in [2.45, 2.75) is 19.8 Å². The van der Waals surface area contributed by atoms with Crippen LogP contribution in [0.1, 0.15) is 23.6 Å². The second-order valence-electron chi connectivity index (χ2n) is 8.01. The summed E-state index contributed by atoms with van der Waals surface area (Å²) < 4.78 is 49.1. The van der Waals surface area contributed by atoms with Gasteiger partial charge < -0.3 is 4.74 Å². The Bertz CT molecular complexity index is 1290. The highest BCUT2D eigenvalue weighted by Crippen LogP contribution is 2.32.